The van der Waals surface area contributed by atoms with Crippen molar-refractivity contribution in [2.75, 3.05) is 0 Å². The Hall–Kier alpha value is -0.770. The summed E-state index contributed by atoms with van der Waals surface area (Å²) in [4.78, 5) is 3.13. The number of aromatic nitrogens is 2. The van der Waals surface area contributed by atoms with E-state index in [0.29, 0.717) is 14.8 Å². The lowest BCUT2D eigenvalue weighted by atomic mass is 10.3. The average Bonchev–Trinajstić information content (AvgIpc) is 2.57. The zero-order chi connectivity index (χ0) is 12.4. The number of benzene rings is 1. The lowest BCUT2D eigenvalue weighted by Gasteiger charge is -2.03. The van der Waals surface area contributed by atoms with Crippen LogP contribution in [0.1, 0.15) is 13.3 Å². The molecule has 0 spiro atoms. The number of nitrogens with zero attached hydrogens (tertiary/aromatic N) is 1. The van der Waals surface area contributed by atoms with Crippen LogP contribution in [-0.2, 0) is 6.54 Å². The van der Waals surface area contributed by atoms with E-state index < -0.39 is 0 Å². The van der Waals surface area contributed by atoms with Gasteiger partial charge >= 0.3 is 0 Å². The Bertz CT molecular complexity index is 625. The molecule has 0 aliphatic carbocycles. The van der Waals surface area contributed by atoms with Crippen LogP contribution in [0.3, 0.4) is 0 Å². The molecule has 1 aromatic heterocycles. The molecule has 17 heavy (non-hydrogen) atoms. The number of hydrogen-bond donors (Lipinski definition) is 1. The van der Waals surface area contributed by atoms with Gasteiger partial charge in [0.1, 0.15) is 0 Å². The maximum atomic E-state index is 6.02. The molecule has 2 rings (SSSR count). The zero-order valence-electron chi connectivity index (χ0n) is 9.34. The van der Waals surface area contributed by atoms with Crippen molar-refractivity contribution < 1.29 is 0 Å². The number of nitrogens with one attached hydrogen (secondary N) is 1. The number of halogens is 2. The van der Waals surface area contributed by atoms with Crippen LogP contribution in [0.5, 0.6) is 0 Å². The molecule has 1 N–H and O–H groups in total. The molecule has 0 fully saturated rings. The third-order valence-corrected chi connectivity index (χ3v) is 3.62. The van der Waals surface area contributed by atoms with Crippen LogP contribution in [0.25, 0.3) is 11.0 Å². The zero-order valence-corrected chi connectivity index (χ0v) is 11.7. The summed E-state index contributed by atoms with van der Waals surface area (Å²) < 4.78 is 2.73. The maximum absolute atomic E-state index is 6.02. The Morgan fingerprint density at radius 2 is 2.06 bits per heavy atom. The van der Waals surface area contributed by atoms with Crippen LogP contribution < -0.4 is 0 Å². The van der Waals surface area contributed by atoms with Gasteiger partial charge in [-0.05, 0) is 37.7 Å². The number of aryl methyl sites for hydroxylation is 1. The van der Waals surface area contributed by atoms with Crippen LogP contribution >= 0.6 is 35.4 Å². The number of H-pyrrole nitrogens is 1. The van der Waals surface area contributed by atoms with E-state index in [0.717, 1.165) is 24.0 Å². The fourth-order valence-corrected chi connectivity index (χ4v) is 2.37. The van der Waals surface area contributed by atoms with Crippen molar-refractivity contribution in [3.05, 3.63) is 39.1 Å². The van der Waals surface area contributed by atoms with Gasteiger partial charge in [-0.1, -0.05) is 35.4 Å². The Labute approximate surface area is 115 Å². The SMILES string of the molecule is C/C=C/CCn1c(=S)[nH]c2cc(Cl)c(Cl)cc21. The molecule has 0 aliphatic rings. The van der Waals surface area contributed by atoms with E-state index in [1.54, 1.807) is 6.07 Å². The van der Waals surface area contributed by atoms with Crippen molar-refractivity contribution in [3.8, 4) is 0 Å². The highest BCUT2D eigenvalue weighted by Gasteiger charge is 2.07. The monoisotopic (exact) mass is 286 g/mol. The summed E-state index contributed by atoms with van der Waals surface area (Å²) >= 11 is 17.3. The van der Waals surface area contributed by atoms with Crippen LogP contribution in [0.2, 0.25) is 10.0 Å². The van der Waals surface area contributed by atoms with Gasteiger partial charge in [-0.15, -0.1) is 0 Å². The van der Waals surface area contributed by atoms with Crippen molar-refractivity contribution in [2.45, 2.75) is 19.9 Å². The Morgan fingerprint density at radius 3 is 2.76 bits per heavy atom. The van der Waals surface area contributed by atoms with E-state index in [1.165, 1.54) is 0 Å². The van der Waals surface area contributed by atoms with E-state index in [4.69, 9.17) is 35.4 Å². The van der Waals surface area contributed by atoms with Crippen molar-refractivity contribution in [1.29, 1.82) is 0 Å². The third kappa shape index (κ3) is 2.57. The van der Waals surface area contributed by atoms with Crippen LogP contribution in [0, 0.1) is 4.77 Å². The third-order valence-electron chi connectivity index (χ3n) is 2.57. The number of imidazole rings is 1. The van der Waals surface area contributed by atoms with Gasteiger partial charge in [0.15, 0.2) is 4.77 Å². The van der Waals surface area contributed by atoms with Gasteiger partial charge in [-0.25, -0.2) is 0 Å². The predicted molar refractivity (Wildman–Crippen MR) is 76.6 cm³/mol. The van der Waals surface area contributed by atoms with Gasteiger partial charge in [0, 0.05) is 6.54 Å². The summed E-state index contributed by atoms with van der Waals surface area (Å²) in [5, 5.41) is 1.09. The number of allylic oxidation sites excluding steroid dienone is 2. The first-order chi connectivity index (χ1) is 8.13. The minimum atomic E-state index is 0.538. The predicted octanol–water partition coefficient (Wildman–Crippen LogP) is 4.97. The molecule has 2 nitrogen and oxygen atoms in total. The molecular formula is C12H12Cl2N2S. The Kier molecular flexibility index (Phi) is 3.92. The van der Waals surface area contributed by atoms with Gasteiger partial charge in [0.05, 0.1) is 21.1 Å². The molecular weight excluding hydrogens is 275 g/mol. The van der Waals surface area contributed by atoms with Gasteiger partial charge in [0.2, 0.25) is 0 Å². The molecule has 0 radical (unpaired) electrons. The number of fused-ring (bicyclic) bond motifs is 1. The van der Waals surface area contributed by atoms with Crippen molar-refractivity contribution in [2.24, 2.45) is 0 Å². The van der Waals surface area contributed by atoms with Crippen molar-refractivity contribution in [1.82, 2.24) is 9.55 Å². The second-order valence-corrected chi connectivity index (χ2v) is 4.92. The molecule has 90 valence electrons. The fourth-order valence-electron chi connectivity index (χ4n) is 1.74. The van der Waals surface area contributed by atoms with Gasteiger partial charge in [0.25, 0.3) is 0 Å². The van der Waals surface area contributed by atoms with E-state index >= 15 is 0 Å². The van der Waals surface area contributed by atoms with E-state index in [9.17, 15) is 0 Å². The largest absolute Gasteiger partial charge is 0.331 e. The summed E-state index contributed by atoms with van der Waals surface area (Å²) in [6.45, 7) is 2.84. The minimum absolute atomic E-state index is 0.538. The van der Waals surface area contributed by atoms with E-state index in [-0.39, 0.29) is 0 Å². The quantitative estimate of drug-likeness (QED) is 0.624. The van der Waals surface area contributed by atoms with Gasteiger partial charge in [-0.3, -0.25) is 0 Å². The molecule has 0 saturated carbocycles. The lowest BCUT2D eigenvalue weighted by Crippen LogP contribution is -1.96. The van der Waals surface area contributed by atoms with Gasteiger partial charge in [-0.2, -0.15) is 0 Å². The molecule has 0 bridgehead atoms. The summed E-state index contributed by atoms with van der Waals surface area (Å²) in [6.07, 6.45) is 5.08. The highest BCUT2D eigenvalue weighted by molar-refractivity contribution is 7.71. The molecule has 1 heterocycles. The molecule has 2 aromatic rings. The number of rotatable bonds is 3. The Balaban J connectivity index is 2.51. The number of hydrogen-bond acceptors (Lipinski definition) is 1. The van der Waals surface area contributed by atoms with Crippen molar-refractivity contribution in [3.63, 3.8) is 0 Å². The summed E-state index contributed by atoms with van der Waals surface area (Å²) in [7, 11) is 0. The van der Waals surface area contributed by atoms with E-state index in [1.807, 2.05) is 23.6 Å². The first-order valence-corrected chi connectivity index (χ1v) is 6.48. The molecule has 0 unspecified atom stereocenters. The van der Waals surface area contributed by atoms with Crippen LogP contribution in [-0.4, -0.2) is 9.55 Å². The summed E-state index contributed by atoms with van der Waals surface area (Å²) in [5.41, 5.74) is 1.92. The minimum Gasteiger partial charge on any atom is -0.331 e. The first-order valence-electron chi connectivity index (χ1n) is 5.32. The van der Waals surface area contributed by atoms with Crippen molar-refractivity contribution >= 4 is 46.5 Å². The molecule has 1 aromatic carbocycles. The molecule has 5 heteroatoms. The standard InChI is InChI=1S/C12H12Cl2N2S/c1-2-3-4-5-16-11-7-9(14)8(13)6-10(11)15-12(16)17/h2-3,6-7H,4-5H2,1H3,(H,15,17)/b3-2+. The van der Waals surface area contributed by atoms with Crippen LogP contribution in [0.15, 0.2) is 24.3 Å². The normalized spacial score (nSPS) is 11.7. The molecule has 0 aliphatic heterocycles. The van der Waals surface area contributed by atoms with Crippen LogP contribution in [0.4, 0.5) is 0 Å². The summed E-state index contributed by atoms with van der Waals surface area (Å²) in [5.74, 6) is 0. The smallest absolute Gasteiger partial charge is 0.178 e. The van der Waals surface area contributed by atoms with Gasteiger partial charge < -0.3 is 9.55 Å². The molecule has 0 atom stereocenters. The van der Waals surface area contributed by atoms with E-state index in [2.05, 4.69) is 11.1 Å². The molecule has 0 amide bonds. The highest BCUT2D eigenvalue weighted by atomic mass is 35.5. The second kappa shape index (κ2) is 5.25. The number of aromatic amines is 1. The lowest BCUT2D eigenvalue weighted by molar-refractivity contribution is 0.720. The summed E-state index contributed by atoms with van der Waals surface area (Å²) in [6, 6.07) is 3.66. The molecule has 0 saturated heterocycles. The topological polar surface area (TPSA) is 20.7 Å². The second-order valence-electron chi connectivity index (χ2n) is 3.72. The first kappa shape index (κ1) is 12.7. The maximum Gasteiger partial charge on any atom is 0.178 e. The Morgan fingerprint density at radius 1 is 1.35 bits per heavy atom. The fraction of sp³-hybridized carbons (Fsp3) is 0.250. The average molecular weight is 287 g/mol. The highest BCUT2D eigenvalue weighted by Crippen LogP contribution is 2.27.